The number of imidazole rings is 1. The zero-order valence-corrected chi connectivity index (χ0v) is 25.3. The van der Waals surface area contributed by atoms with Crippen molar-refractivity contribution in [3.05, 3.63) is 78.1 Å². The number of rotatable bonds is 6. The lowest BCUT2D eigenvalue weighted by atomic mass is 9.87. The number of benzene rings is 2. The Kier molecular flexibility index (Phi) is 7.01. The molecular formula is C35H36N6O4. The zero-order valence-electron chi connectivity index (χ0n) is 25.3. The maximum Gasteiger partial charge on any atom is 0.274 e. The molecule has 10 nitrogen and oxygen atoms in total. The number of fused-ring (bicyclic) bond motifs is 3. The van der Waals surface area contributed by atoms with Crippen LogP contribution in [0.4, 0.5) is 5.69 Å². The number of aromatic nitrogens is 2. The van der Waals surface area contributed by atoms with E-state index in [0.717, 1.165) is 62.2 Å². The van der Waals surface area contributed by atoms with Crippen molar-refractivity contribution >= 4 is 29.2 Å². The Morgan fingerprint density at radius 1 is 0.933 bits per heavy atom. The lowest BCUT2D eigenvalue weighted by Gasteiger charge is -2.46. The van der Waals surface area contributed by atoms with Crippen LogP contribution in [-0.4, -0.2) is 100 Å². The van der Waals surface area contributed by atoms with Crippen LogP contribution in [0.1, 0.15) is 46.5 Å². The van der Waals surface area contributed by atoms with Crippen molar-refractivity contribution in [1.29, 1.82) is 0 Å². The van der Waals surface area contributed by atoms with Gasteiger partial charge in [-0.3, -0.25) is 23.9 Å². The first-order valence-electron chi connectivity index (χ1n) is 15.9. The lowest BCUT2D eigenvalue weighted by Crippen LogP contribution is -2.57. The summed E-state index contributed by atoms with van der Waals surface area (Å²) in [6.45, 7) is 3.72. The molecule has 5 heterocycles. The Balaban J connectivity index is 0.901. The van der Waals surface area contributed by atoms with Crippen molar-refractivity contribution in [3.63, 3.8) is 0 Å². The molecule has 8 rings (SSSR count). The summed E-state index contributed by atoms with van der Waals surface area (Å²) in [4.78, 5) is 42.7. The first-order chi connectivity index (χ1) is 22.1. The minimum absolute atomic E-state index is 0.00825. The van der Waals surface area contributed by atoms with Crippen molar-refractivity contribution < 1.29 is 19.1 Å². The van der Waals surface area contributed by atoms with Gasteiger partial charge < -0.3 is 19.3 Å². The van der Waals surface area contributed by atoms with Crippen LogP contribution >= 0.6 is 0 Å². The van der Waals surface area contributed by atoms with Gasteiger partial charge in [-0.1, -0.05) is 36.4 Å². The quantitative estimate of drug-likeness (QED) is 0.317. The average Bonchev–Trinajstić information content (AvgIpc) is 3.67. The van der Waals surface area contributed by atoms with Gasteiger partial charge in [0.05, 0.1) is 29.9 Å². The van der Waals surface area contributed by atoms with E-state index >= 15 is 0 Å². The predicted octanol–water partition coefficient (Wildman–Crippen LogP) is 4.70. The second-order valence-corrected chi connectivity index (χ2v) is 12.3. The van der Waals surface area contributed by atoms with Crippen LogP contribution in [0.2, 0.25) is 0 Å². The number of ether oxygens (including phenoxy) is 2. The Morgan fingerprint density at radius 2 is 1.73 bits per heavy atom. The zero-order chi connectivity index (χ0) is 30.5. The monoisotopic (exact) mass is 604 g/mol. The van der Waals surface area contributed by atoms with Gasteiger partial charge in [-0.05, 0) is 31.0 Å². The largest absolute Gasteiger partial charge is 0.493 e. The van der Waals surface area contributed by atoms with Gasteiger partial charge in [0.15, 0.2) is 17.2 Å². The molecule has 3 aliphatic heterocycles. The number of amides is 2. The maximum atomic E-state index is 13.7. The van der Waals surface area contributed by atoms with Crippen molar-refractivity contribution in [3.8, 4) is 22.9 Å². The summed E-state index contributed by atoms with van der Waals surface area (Å²) in [6, 6.07) is 20.0. The number of hydrogen-bond acceptors (Lipinski definition) is 7. The molecule has 0 N–H and O–H groups in total. The maximum absolute atomic E-state index is 13.7. The molecule has 4 aromatic rings. The Hall–Kier alpha value is -4.70. The Labute approximate surface area is 261 Å². The average molecular weight is 605 g/mol. The van der Waals surface area contributed by atoms with Crippen LogP contribution < -0.4 is 9.47 Å². The molecule has 0 radical (unpaired) electrons. The molecule has 1 atom stereocenters. The molecule has 2 aromatic carbocycles. The van der Waals surface area contributed by atoms with Crippen molar-refractivity contribution in [1.82, 2.24) is 24.1 Å². The molecule has 2 aromatic heterocycles. The first kappa shape index (κ1) is 27.8. The third-order valence-electron chi connectivity index (χ3n) is 9.72. The summed E-state index contributed by atoms with van der Waals surface area (Å²) in [5, 5.41) is 0. The number of methoxy groups -OCH3 is 1. The number of carbonyl (C=O) groups excluding carboxylic acids is 2. The summed E-state index contributed by atoms with van der Waals surface area (Å²) >= 11 is 0. The molecule has 230 valence electrons. The van der Waals surface area contributed by atoms with Crippen LogP contribution in [0.15, 0.2) is 71.9 Å². The van der Waals surface area contributed by atoms with Gasteiger partial charge in [-0.25, -0.2) is 4.98 Å². The predicted molar refractivity (Wildman–Crippen MR) is 171 cm³/mol. The molecule has 2 saturated heterocycles. The smallest absolute Gasteiger partial charge is 0.274 e. The Bertz CT molecular complexity index is 1790. The topological polar surface area (TPSA) is 92.0 Å². The number of carbonyl (C=O) groups is 2. The highest BCUT2D eigenvalue weighted by Gasteiger charge is 2.39. The number of piperazine rings is 1. The van der Waals surface area contributed by atoms with E-state index in [9.17, 15) is 9.59 Å². The third kappa shape index (κ3) is 4.93. The van der Waals surface area contributed by atoms with Crippen LogP contribution in [0.3, 0.4) is 0 Å². The fourth-order valence-corrected chi connectivity index (χ4v) is 7.14. The van der Waals surface area contributed by atoms with E-state index in [-0.39, 0.29) is 24.0 Å². The van der Waals surface area contributed by atoms with Crippen LogP contribution in [-0.2, 0) is 0 Å². The molecular weight excluding hydrogens is 568 g/mol. The molecule has 0 spiro atoms. The summed E-state index contributed by atoms with van der Waals surface area (Å²) in [7, 11) is 1.61. The highest BCUT2D eigenvalue weighted by atomic mass is 16.5. The van der Waals surface area contributed by atoms with E-state index in [1.165, 1.54) is 0 Å². The van der Waals surface area contributed by atoms with Gasteiger partial charge in [-0.2, -0.15) is 0 Å². The Morgan fingerprint density at radius 3 is 2.53 bits per heavy atom. The van der Waals surface area contributed by atoms with E-state index in [2.05, 4.69) is 9.89 Å². The van der Waals surface area contributed by atoms with Gasteiger partial charge in [0.1, 0.15) is 11.9 Å². The molecule has 45 heavy (non-hydrogen) atoms. The standard InChI is InChI=1S/C35H36N6O4/c1-44-30-20-27-28(36-22-24-10-7-13-40(24)34(27)42)21-31(30)45-26-18-25(19-26)38-14-16-39(17-15-38)35(43)32-29-11-5-6-12-41(29)33(37-32)23-8-3-2-4-9-23/h2-6,8-9,11-12,20-22,24-26H,7,10,13-19H2,1H3/t24-,25?,26?/m0/s1. The van der Waals surface area contributed by atoms with E-state index < -0.39 is 0 Å². The van der Waals surface area contributed by atoms with Gasteiger partial charge >= 0.3 is 0 Å². The van der Waals surface area contributed by atoms with Crippen LogP contribution in [0.25, 0.3) is 16.9 Å². The normalized spacial score (nSPS) is 23.0. The molecule has 10 heteroatoms. The molecule has 1 saturated carbocycles. The number of aliphatic imine (C=N–C) groups is 1. The number of hydrogen-bond donors (Lipinski definition) is 0. The number of nitrogens with zero attached hydrogens (tertiary/aromatic N) is 6. The summed E-state index contributed by atoms with van der Waals surface area (Å²) in [5.74, 6) is 1.96. The minimum Gasteiger partial charge on any atom is -0.493 e. The first-order valence-corrected chi connectivity index (χ1v) is 15.9. The van der Waals surface area contributed by atoms with Gasteiger partial charge in [0.25, 0.3) is 11.8 Å². The molecule has 3 fully saturated rings. The second kappa shape index (κ2) is 11.3. The minimum atomic E-state index is -0.0211. The van der Waals surface area contributed by atoms with E-state index in [0.29, 0.717) is 47.6 Å². The van der Waals surface area contributed by atoms with Crippen LogP contribution in [0, 0.1) is 0 Å². The summed E-state index contributed by atoms with van der Waals surface area (Å²) in [5.41, 5.74) is 3.52. The summed E-state index contributed by atoms with van der Waals surface area (Å²) < 4.78 is 14.0. The molecule has 0 bridgehead atoms. The lowest BCUT2D eigenvalue weighted by molar-refractivity contribution is -0.00481. The van der Waals surface area contributed by atoms with Crippen LogP contribution in [0.5, 0.6) is 11.5 Å². The molecule has 4 aliphatic rings. The van der Waals surface area contributed by atoms with Gasteiger partial charge in [0, 0.05) is 75.6 Å². The molecule has 2 amide bonds. The molecule has 1 aliphatic carbocycles. The van der Waals surface area contributed by atoms with E-state index in [4.69, 9.17) is 14.5 Å². The SMILES string of the molecule is COc1cc2c(cc1OC1CC(N3CCN(C(=O)c4nc(-c5ccccc5)n5ccccc45)CC3)C1)N=C[C@@H]1CCCN1C2=O. The number of pyridine rings is 1. The van der Waals surface area contributed by atoms with E-state index in [1.54, 1.807) is 13.2 Å². The van der Waals surface area contributed by atoms with Crippen molar-refractivity contribution in [2.45, 2.75) is 43.9 Å². The second-order valence-electron chi connectivity index (χ2n) is 12.3. The van der Waals surface area contributed by atoms with Crippen molar-refractivity contribution in [2.75, 3.05) is 39.8 Å². The van der Waals surface area contributed by atoms with Gasteiger partial charge in [-0.15, -0.1) is 0 Å². The highest BCUT2D eigenvalue weighted by molar-refractivity contribution is 6.03. The fourth-order valence-electron chi connectivity index (χ4n) is 7.14. The van der Waals surface area contributed by atoms with Gasteiger partial charge in [0.2, 0.25) is 0 Å². The summed E-state index contributed by atoms with van der Waals surface area (Å²) in [6.07, 6.45) is 7.67. The van der Waals surface area contributed by atoms with E-state index in [1.807, 2.05) is 81.2 Å². The third-order valence-corrected chi connectivity index (χ3v) is 9.72. The highest BCUT2D eigenvalue weighted by Crippen LogP contribution is 2.41. The molecule has 0 unspecified atom stereocenters. The van der Waals surface area contributed by atoms with Crippen molar-refractivity contribution in [2.24, 2.45) is 4.99 Å². The fraction of sp³-hybridized carbons (Fsp3) is 0.371.